The van der Waals surface area contributed by atoms with Crippen LogP contribution in [0.4, 0.5) is 8.78 Å². The van der Waals surface area contributed by atoms with E-state index in [0.29, 0.717) is 6.54 Å². The monoisotopic (exact) mass is 175 g/mol. The van der Waals surface area contributed by atoms with Crippen molar-refractivity contribution in [1.82, 2.24) is 15.1 Å². The average molecular weight is 175 g/mol. The van der Waals surface area contributed by atoms with Crippen molar-refractivity contribution in [3.8, 4) is 0 Å². The molecule has 1 aromatic rings. The summed E-state index contributed by atoms with van der Waals surface area (Å²) in [5.74, 6) is 0. The Morgan fingerprint density at radius 3 is 2.92 bits per heavy atom. The SMILES string of the molecule is Cn1ccc(CNCC(F)F)n1. The van der Waals surface area contributed by atoms with Crippen LogP contribution in [0, 0.1) is 0 Å². The van der Waals surface area contributed by atoms with Crippen molar-refractivity contribution in [1.29, 1.82) is 0 Å². The topological polar surface area (TPSA) is 29.9 Å². The molecule has 0 saturated carbocycles. The van der Waals surface area contributed by atoms with E-state index in [2.05, 4.69) is 10.4 Å². The Balaban J connectivity index is 2.24. The summed E-state index contributed by atoms with van der Waals surface area (Å²) in [6.07, 6.45) is -0.520. The molecular weight excluding hydrogens is 164 g/mol. The number of aryl methyl sites for hydroxylation is 1. The number of hydrogen-bond acceptors (Lipinski definition) is 2. The van der Waals surface area contributed by atoms with E-state index in [-0.39, 0.29) is 6.54 Å². The number of rotatable bonds is 4. The fraction of sp³-hybridized carbons (Fsp3) is 0.571. The fourth-order valence-electron chi connectivity index (χ4n) is 0.867. The third kappa shape index (κ3) is 2.96. The van der Waals surface area contributed by atoms with Crippen LogP contribution in [0.15, 0.2) is 12.3 Å². The highest BCUT2D eigenvalue weighted by Gasteiger charge is 2.01. The Kier molecular flexibility index (Phi) is 3.16. The van der Waals surface area contributed by atoms with Gasteiger partial charge in [0, 0.05) is 19.8 Å². The van der Waals surface area contributed by atoms with Crippen molar-refractivity contribution in [2.45, 2.75) is 13.0 Å². The van der Waals surface area contributed by atoms with E-state index in [9.17, 15) is 8.78 Å². The lowest BCUT2D eigenvalue weighted by Gasteiger charge is -1.99. The number of nitrogens with zero attached hydrogens (tertiary/aromatic N) is 2. The molecule has 0 unspecified atom stereocenters. The van der Waals surface area contributed by atoms with E-state index >= 15 is 0 Å². The Bertz CT molecular complexity index is 234. The van der Waals surface area contributed by atoms with E-state index in [0.717, 1.165) is 5.69 Å². The molecule has 0 aliphatic rings. The van der Waals surface area contributed by atoms with Crippen LogP contribution in [-0.2, 0) is 13.6 Å². The second-order valence-corrected chi connectivity index (χ2v) is 2.50. The number of halogens is 2. The van der Waals surface area contributed by atoms with Crippen LogP contribution in [0.3, 0.4) is 0 Å². The predicted octanol–water partition coefficient (Wildman–Crippen LogP) is 0.775. The van der Waals surface area contributed by atoms with Gasteiger partial charge in [-0.3, -0.25) is 4.68 Å². The highest BCUT2D eigenvalue weighted by Crippen LogP contribution is 1.94. The summed E-state index contributed by atoms with van der Waals surface area (Å²) in [5.41, 5.74) is 0.776. The highest BCUT2D eigenvalue weighted by atomic mass is 19.3. The highest BCUT2D eigenvalue weighted by molar-refractivity contribution is 4.97. The van der Waals surface area contributed by atoms with E-state index in [1.165, 1.54) is 0 Å². The zero-order valence-electron chi connectivity index (χ0n) is 6.80. The first-order valence-electron chi connectivity index (χ1n) is 3.66. The lowest BCUT2D eigenvalue weighted by molar-refractivity contribution is 0.145. The molecule has 1 heterocycles. The maximum Gasteiger partial charge on any atom is 0.250 e. The zero-order chi connectivity index (χ0) is 8.97. The zero-order valence-corrected chi connectivity index (χ0v) is 6.80. The van der Waals surface area contributed by atoms with Gasteiger partial charge in [0.1, 0.15) is 0 Å². The van der Waals surface area contributed by atoms with Crippen LogP contribution in [0.2, 0.25) is 0 Å². The first kappa shape index (κ1) is 9.12. The predicted molar refractivity (Wildman–Crippen MR) is 40.9 cm³/mol. The molecule has 0 aliphatic heterocycles. The third-order valence-corrected chi connectivity index (χ3v) is 1.37. The van der Waals surface area contributed by atoms with Gasteiger partial charge in [0.25, 0.3) is 6.43 Å². The molecule has 0 radical (unpaired) electrons. The van der Waals surface area contributed by atoms with E-state index in [4.69, 9.17) is 0 Å². The minimum atomic E-state index is -2.30. The summed E-state index contributed by atoms with van der Waals surface area (Å²) in [6.45, 7) is 0.113. The second-order valence-electron chi connectivity index (χ2n) is 2.50. The molecule has 1 aromatic heterocycles. The van der Waals surface area contributed by atoms with Gasteiger partial charge >= 0.3 is 0 Å². The molecule has 0 bridgehead atoms. The summed E-state index contributed by atoms with van der Waals surface area (Å²) >= 11 is 0. The summed E-state index contributed by atoms with van der Waals surface area (Å²) in [6, 6.07) is 1.79. The Morgan fingerprint density at radius 1 is 1.67 bits per heavy atom. The van der Waals surface area contributed by atoms with Crippen LogP contribution in [0.5, 0.6) is 0 Å². The van der Waals surface area contributed by atoms with E-state index in [1.807, 2.05) is 0 Å². The van der Waals surface area contributed by atoms with Crippen molar-refractivity contribution in [2.24, 2.45) is 7.05 Å². The van der Waals surface area contributed by atoms with Crippen LogP contribution in [0.25, 0.3) is 0 Å². The lowest BCUT2D eigenvalue weighted by Crippen LogP contribution is -2.20. The van der Waals surface area contributed by atoms with Gasteiger partial charge in [-0.2, -0.15) is 5.10 Å². The van der Waals surface area contributed by atoms with Gasteiger partial charge < -0.3 is 5.32 Å². The van der Waals surface area contributed by atoms with Gasteiger partial charge in [-0.05, 0) is 6.07 Å². The summed E-state index contributed by atoms with van der Waals surface area (Å²) in [7, 11) is 1.79. The Morgan fingerprint density at radius 2 is 2.42 bits per heavy atom. The van der Waals surface area contributed by atoms with E-state index < -0.39 is 6.43 Å². The summed E-state index contributed by atoms with van der Waals surface area (Å²) in [5, 5.41) is 6.61. The molecule has 0 aliphatic carbocycles. The third-order valence-electron chi connectivity index (χ3n) is 1.37. The van der Waals surface area contributed by atoms with Gasteiger partial charge in [0.15, 0.2) is 0 Å². The molecule has 0 saturated heterocycles. The van der Waals surface area contributed by atoms with Crippen molar-refractivity contribution in [3.05, 3.63) is 18.0 Å². The fourth-order valence-corrected chi connectivity index (χ4v) is 0.867. The molecule has 0 fully saturated rings. The maximum absolute atomic E-state index is 11.7. The summed E-state index contributed by atoms with van der Waals surface area (Å²) in [4.78, 5) is 0. The standard InChI is InChI=1S/C7H11F2N3/c1-12-3-2-6(11-12)4-10-5-7(8)9/h2-3,7,10H,4-5H2,1H3. The molecule has 1 N–H and O–H groups in total. The van der Waals surface area contributed by atoms with Crippen molar-refractivity contribution >= 4 is 0 Å². The average Bonchev–Trinajstić information content (AvgIpc) is 2.35. The second kappa shape index (κ2) is 4.15. The van der Waals surface area contributed by atoms with Gasteiger partial charge in [0.05, 0.1) is 12.2 Å². The number of alkyl halides is 2. The lowest BCUT2D eigenvalue weighted by atomic mass is 10.4. The number of nitrogens with one attached hydrogen (secondary N) is 1. The van der Waals surface area contributed by atoms with Gasteiger partial charge in [-0.1, -0.05) is 0 Å². The van der Waals surface area contributed by atoms with Crippen molar-refractivity contribution in [2.75, 3.05) is 6.54 Å². The van der Waals surface area contributed by atoms with Crippen LogP contribution >= 0.6 is 0 Å². The molecule has 1 rings (SSSR count). The minimum Gasteiger partial charge on any atom is -0.306 e. The molecule has 0 amide bonds. The quantitative estimate of drug-likeness (QED) is 0.732. The number of aromatic nitrogens is 2. The molecule has 5 heteroatoms. The van der Waals surface area contributed by atoms with Crippen molar-refractivity contribution < 1.29 is 8.78 Å². The molecule has 0 spiro atoms. The summed E-state index contributed by atoms with van der Waals surface area (Å²) < 4.78 is 24.9. The smallest absolute Gasteiger partial charge is 0.250 e. The molecule has 68 valence electrons. The van der Waals surface area contributed by atoms with Crippen molar-refractivity contribution in [3.63, 3.8) is 0 Å². The number of hydrogen-bond donors (Lipinski definition) is 1. The molecule has 3 nitrogen and oxygen atoms in total. The molecule has 0 atom stereocenters. The minimum absolute atomic E-state index is 0.281. The maximum atomic E-state index is 11.7. The van der Waals surface area contributed by atoms with Crippen LogP contribution < -0.4 is 5.32 Å². The first-order valence-corrected chi connectivity index (χ1v) is 3.66. The largest absolute Gasteiger partial charge is 0.306 e. The first-order chi connectivity index (χ1) is 5.68. The Hall–Kier alpha value is -0.970. The van der Waals surface area contributed by atoms with Crippen LogP contribution in [-0.4, -0.2) is 22.8 Å². The van der Waals surface area contributed by atoms with Gasteiger partial charge in [-0.25, -0.2) is 8.78 Å². The van der Waals surface area contributed by atoms with Gasteiger partial charge in [0.2, 0.25) is 0 Å². The molecule has 12 heavy (non-hydrogen) atoms. The normalized spacial score (nSPS) is 11.0. The van der Waals surface area contributed by atoms with E-state index in [1.54, 1.807) is 24.0 Å². The van der Waals surface area contributed by atoms with Gasteiger partial charge in [-0.15, -0.1) is 0 Å². The molecular formula is C7H11F2N3. The Labute approximate surface area is 69.4 Å². The van der Waals surface area contributed by atoms with Crippen LogP contribution in [0.1, 0.15) is 5.69 Å². The molecule has 0 aromatic carbocycles.